The largest absolute Gasteiger partial charge is 0.179 e. The lowest BCUT2D eigenvalue weighted by atomic mass is 9.99. The van der Waals surface area contributed by atoms with Crippen LogP contribution in [0.3, 0.4) is 0 Å². The highest BCUT2D eigenvalue weighted by Gasteiger charge is 1.99. The van der Waals surface area contributed by atoms with Crippen molar-refractivity contribution >= 4 is 12.6 Å². The Balaban J connectivity index is 3.54. The van der Waals surface area contributed by atoms with E-state index in [9.17, 15) is 0 Å². The third-order valence-corrected chi connectivity index (χ3v) is 3.38. The number of allylic oxidation sites excluding steroid dienone is 2. The molecule has 0 aliphatic rings. The van der Waals surface area contributed by atoms with Gasteiger partial charge in [-0.25, -0.2) is 0 Å². The third-order valence-electron chi connectivity index (χ3n) is 3.13. The summed E-state index contributed by atoms with van der Waals surface area (Å²) in [7, 11) is 0. The average molecular weight is 242 g/mol. The van der Waals surface area contributed by atoms with Gasteiger partial charge in [-0.05, 0) is 56.6 Å². The van der Waals surface area contributed by atoms with Gasteiger partial charge in [0.25, 0.3) is 0 Å². The van der Waals surface area contributed by atoms with Gasteiger partial charge < -0.3 is 0 Å². The Kier molecular flexibility index (Phi) is 10.3. The van der Waals surface area contributed by atoms with E-state index in [1.807, 2.05) is 0 Å². The van der Waals surface area contributed by atoms with E-state index in [-0.39, 0.29) is 0 Å². The molecule has 0 spiro atoms. The van der Waals surface area contributed by atoms with E-state index in [2.05, 4.69) is 46.4 Å². The van der Waals surface area contributed by atoms with Crippen LogP contribution in [-0.2, 0) is 0 Å². The van der Waals surface area contributed by atoms with Crippen molar-refractivity contribution in [2.45, 2.75) is 66.2 Å². The second-order valence-electron chi connectivity index (χ2n) is 5.53. The van der Waals surface area contributed by atoms with Gasteiger partial charge in [-0.2, -0.15) is 12.6 Å². The van der Waals surface area contributed by atoms with E-state index in [0.29, 0.717) is 0 Å². The van der Waals surface area contributed by atoms with Gasteiger partial charge in [0.1, 0.15) is 0 Å². The molecule has 96 valence electrons. The first kappa shape index (κ1) is 16.1. The second-order valence-corrected chi connectivity index (χ2v) is 5.98. The molecule has 0 saturated carbocycles. The molecule has 0 fully saturated rings. The molecule has 0 rings (SSSR count). The molecular weight excluding hydrogens is 212 g/mol. The predicted molar refractivity (Wildman–Crippen MR) is 79.3 cm³/mol. The van der Waals surface area contributed by atoms with E-state index in [1.54, 1.807) is 5.57 Å². The highest BCUT2D eigenvalue weighted by atomic mass is 32.1. The maximum Gasteiger partial charge on any atom is -0.00954 e. The molecule has 0 amide bonds. The zero-order valence-electron chi connectivity index (χ0n) is 11.6. The van der Waals surface area contributed by atoms with Crippen molar-refractivity contribution in [3.05, 3.63) is 11.6 Å². The van der Waals surface area contributed by atoms with Gasteiger partial charge in [-0.1, -0.05) is 38.8 Å². The monoisotopic (exact) mass is 242 g/mol. The van der Waals surface area contributed by atoms with Gasteiger partial charge >= 0.3 is 0 Å². The Bertz CT molecular complexity index is 182. The number of hydrogen-bond acceptors (Lipinski definition) is 1. The zero-order valence-corrected chi connectivity index (χ0v) is 12.5. The molecule has 1 atom stereocenters. The van der Waals surface area contributed by atoms with E-state index in [4.69, 9.17) is 0 Å². The van der Waals surface area contributed by atoms with Crippen LogP contribution in [0.15, 0.2) is 11.6 Å². The maximum absolute atomic E-state index is 4.27. The fraction of sp³-hybridized carbons (Fsp3) is 0.867. The molecule has 0 aliphatic heterocycles. The van der Waals surface area contributed by atoms with Crippen molar-refractivity contribution in [3.63, 3.8) is 0 Å². The van der Waals surface area contributed by atoms with E-state index < -0.39 is 0 Å². The standard InChI is InChI=1S/C15H30S/c1-13(2)7-5-8-14(3)9-6-10-15(4)11-12-16/h9,13,15-16H,5-8,10-12H2,1-4H3/b14-9+. The van der Waals surface area contributed by atoms with Crippen LogP contribution in [0.5, 0.6) is 0 Å². The summed E-state index contributed by atoms with van der Waals surface area (Å²) in [5.41, 5.74) is 1.58. The molecule has 0 heterocycles. The Morgan fingerprint density at radius 3 is 2.38 bits per heavy atom. The van der Waals surface area contributed by atoms with Gasteiger partial charge in [0.2, 0.25) is 0 Å². The first-order valence-electron chi connectivity index (χ1n) is 6.82. The summed E-state index contributed by atoms with van der Waals surface area (Å²) in [4.78, 5) is 0. The fourth-order valence-electron chi connectivity index (χ4n) is 1.87. The Hall–Kier alpha value is 0.0900. The van der Waals surface area contributed by atoms with E-state index in [0.717, 1.165) is 17.6 Å². The zero-order chi connectivity index (χ0) is 12.4. The highest BCUT2D eigenvalue weighted by Crippen LogP contribution is 2.15. The Morgan fingerprint density at radius 1 is 1.12 bits per heavy atom. The first-order chi connectivity index (χ1) is 7.56. The van der Waals surface area contributed by atoms with Crippen molar-refractivity contribution in [1.82, 2.24) is 0 Å². The summed E-state index contributed by atoms with van der Waals surface area (Å²) in [5.74, 6) is 2.71. The Labute approximate surface area is 108 Å². The van der Waals surface area contributed by atoms with Crippen LogP contribution in [0.2, 0.25) is 0 Å². The molecule has 0 radical (unpaired) electrons. The molecule has 0 aromatic heterocycles. The summed E-state index contributed by atoms with van der Waals surface area (Å²) in [6.07, 6.45) is 10.3. The summed E-state index contributed by atoms with van der Waals surface area (Å²) >= 11 is 4.27. The quantitative estimate of drug-likeness (QED) is 0.401. The molecule has 16 heavy (non-hydrogen) atoms. The lowest BCUT2D eigenvalue weighted by Crippen LogP contribution is -1.94. The molecular formula is C15H30S. The van der Waals surface area contributed by atoms with Crippen molar-refractivity contribution in [2.24, 2.45) is 11.8 Å². The van der Waals surface area contributed by atoms with Crippen LogP contribution in [-0.4, -0.2) is 5.75 Å². The molecule has 0 bridgehead atoms. The molecule has 0 nitrogen and oxygen atoms in total. The minimum atomic E-state index is 0.831. The van der Waals surface area contributed by atoms with E-state index >= 15 is 0 Å². The predicted octanol–water partition coefficient (Wildman–Crippen LogP) is 5.50. The van der Waals surface area contributed by atoms with Crippen molar-refractivity contribution in [3.8, 4) is 0 Å². The lowest BCUT2D eigenvalue weighted by Gasteiger charge is -2.08. The first-order valence-corrected chi connectivity index (χ1v) is 7.46. The summed E-state index contributed by atoms with van der Waals surface area (Å²) in [6, 6.07) is 0. The lowest BCUT2D eigenvalue weighted by molar-refractivity contribution is 0.524. The van der Waals surface area contributed by atoms with Gasteiger partial charge in [0.05, 0.1) is 0 Å². The summed E-state index contributed by atoms with van der Waals surface area (Å²) in [6.45, 7) is 9.22. The summed E-state index contributed by atoms with van der Waals surface area (Å²) in [5, 5.41) is 0. The molecule has 0 aromatic rings. The average Bonchev–Trinajstić information content (AvgIpc) is 2.17. The van der Waals surface area contributed by atoms with Gasteiger partial charge in [0, 0.05) is 0 Å². The molecule has 0 saturated heterocycles. The Morgan fingerprint density at radius 2 is 1.81 bits per heavy atom. The van der Waals surface area contributed by atoms with E-state index in [1.165, 1.54) is 38.5 Å². The van der Waals surface area contributed by atoms with Crippen LogP contribution in [0.1, 0.15) is 66.2 Å². The minimum Gasteiger partial charge on any atom is -0.179 e. The molecule has 0 aromatic carbocycles. The van der Waals surface area contributed by atoms with Crippen LogP contribution in [0.25, 0.3) is 0 Å². The van der Waals surface area contributed by atoms with Crippen molar-refractivity contribution < 1.29 is 0 Å². The van der Waals surface area contributed by atoms with Crippen LogP contribution < -0.4 is 0 Å². The fourth-order valence-corrected chi connectivity index (χ4v) is 2.31. The second kappa shape index (κ2) is 10.3. The molecule has 1 heteroatoms. The molecule has 0 aliphatic carbocycles. The van der Waals surface area contributed by atoms with Crippen LogP contribution in [0, 0.1) is 11.8 Å². The minimum absolute atomic E-state index is 0.831. The van der Waals surface area contributed by atoms with Crippen LogP contribution in [0.4, 0.5) is 0 Å². The number of rotatable bonds is 9. The van der Waals surface area contributed by atoms with Crippen molar-refractivity contribution in [2.75, 3.05) is 5.75 Å². The van der Waals surface area contributed by atoms with Crippen molar-refractivity contribution in [1.29, 1.82) is 0 Å². The van der Waals surface area contributed by atoms with Gasteiger partial charge in [0.15, 0.2) is 0 Å². The number of hydrogen-bond donors (Lipinski definition) is 1. The van der Waals surface area contributed by atoms with Gasteiger partial charge in [-0.15, -0.1) is 0 Å². The maximum atomic E-state index is 4.27. The van der Waals surface area contributed by atoms with Crippen LogP contribution >= 0.6 is 12.6 Å². The molecule has 0 N–H and O–H groups in total. The molecule has 1 unspecified atom stereocenters. The third kappa shape index (κ3) is 10.6. The SMILES string of the molecule is C/C(=C\CCC(C)CCS)CCCC(C)C. The smallest absolute Gasteiger partial charge is 0.00954 e. The topological polar surface area (TPSA) is 0 Å². The highest BCUT2D eigenvalue weighted by molar-refractivity contribution is 7.80. The summed E-state index contributed by atoms with van der Waals surface area (Å²) < 4.78 is 0. The van der Waals surface area contributed by atoms with Gasteiger partial charge in [-0.3, -0.25) is 0 Å². The number of thiol groups is 1. The normalized spacial score (nSPS) is 14.5.